The van der Waals surface area contributed by atoms with Crippen LogP contribution in [0.4, 0.5) is 0 Å². The van der Waals surface area contributed by atoms with E-state index in [-0.39, 0.29) is 5.78 Å². The number of carbonyl (C=O) groups excluding carboxylic acids is 1. The number of hydrogen-bond donors (Lipinski definition) is 0. The highest BCUT2D eigenvalue weighted by atomic mass is 79.9. The first-order chi connectivity index (χ1) is 9.24. The number of ketones is 1. The zero-order chi connectivity index (χ0) is 13.2. The lowest BCUT2D eigenvalue weighted by Crippen LogP contribution is -2.34. The fourth-order valence-corrected chi connectivity index (χ4v) is 2.99. The van der Waals surface area contributed by atoms with E-state index < -0.39 is 0 Å². The minimum absolute atomic E-state index is 0.207. The normalized spacial score (nSPS) is 15.3. The molecular weight excluding hydrogens is 302 g/mol. The zero-order valence-corrected chi connectivity index (χ0v) is 12.1. The number of hydrogen-bond acceptors (Lipinski definition) is 2. The SMILES string of the molecule is O=C1CN(Cc2ccccc2)Cc2c(Br)cccc21. The first-order valence-corrected chi connectivity index (χ1v) is 7.10. The Morgan fingerprint density at radius 1 is 1.00 bits per heavy atom. The van der Waals surface area contributed by atoms with Crippen LogP contribution >= 0.6 is 15.9 Å². The maximum Gasteiger partial charge on any atom is 0.177 e. The first kappa shape index (κ1) is 12.6. The highest BCUT2D eigenvalue weighted by molar-refractivity contribution is 9.10. The van der Waals surface area contributed by atoms with Gasteiger partial charge in [-0.3, -0.25) is 9.69 Å². The number of halogens is 1. The van der Waals surface area contributed by atoms with Crippen LogP contribution in [0.25, 0.3) is 0 Å². The molecule has 0 fully saturated rings. The fourth-order valence-electron chi connectivity index (χ4n) is 2.50. The van der Waals surface area contributed by atoms with Crippen molar-refractivity contribution >= 4 is 21.7 Å². The average molecular weight is 316 g/mol. The van der Waals surface area contributed by atoms with Crippen LogP contribution in [-0.4, -0.2) is 17.2 Å². The highest BCUT2D eigenvalue weighted by Crippen LogP contribution is 2.27. The van der Waals surface area contributed by atoms with Gasteiger partial charge in [0.25, 0.3) is 0 Å². The summed E-state index contributed by atoms with van der Waals surface area (Å²) in [6.07, 6.45) is 0. The Labute approximate surface area is 121 Å². The van der Waals surface area contributed by atoms with Gasteiger partial charge in [-0.25, -0.2) is 0 Å². The molecule has 0 amide bonds. The van der Waals surface area contributed by atoms with Crippen LogP contribution in [0.1, 0.15) is 21.5 Å². The van der Waals surface area contributed by atoms with E-state index in [1.54, 1.807) is 0 Å². The van der Waals surface area contributed by atoms with Crippen molar-refractivity contribution in [3.63, 3.8) is 0 Å². The monoisotopic (exact) mass is 315 g/mol. The molecule has 0 unspecified atom stereocenters. The standard InChI is InChI=1S/C16H14BrNO/c17-15-8-4-7-13-14(15)10-18(11-16(13)19)9-12-5-2-1-3-6-12/h1-8H,9-11H2. The van der Waals surface area contributed by atoms with Gasteiger partial charge in [0, 0.05) is 23.1 Å². The molecule has 0 aromatic heterocycles. The van der Waals surface area contributed by atoms with Gasteiger partial charge in [-0.2, -0.15) is 0 Å². The van der Waals surface area contributed by atoms with E-state index >= 15 is 0 Å². The lowest BCUT2D eigenvalue weighted by molar-refractivity contribution is 0.0894. The molecule has 0 saturated carbocycles. The summed E-state index contributed by atoms with van der Waals surface area (Å²) in [5.74, 6) is 0.207. The molecule has 0 bridgehead atoms. The van der Waals surface area contributed by atoms with E-state index in [9.17, 15) is 4.79 Å². The maximum atomic E-state index is 12.2. The molecule has 0 radical (unpaired) electrons. The molecule has 2 aromatic carbocycles. The van der Waals surface area contributed by atoms with Gasteiger partial charge in [-0.15, -0.1) is 0 Å². The summed E-state index contributed by atoms with van der Waals surface area (Å²) in [4.78, 5) is 14.4. The number of carbonyl (C=O) groups is 1. The van der Waals surface area contributed by atoms with Gasteiger partial charge in [0.2, 0.25) is 0 Å². The number of benzene rings is 2. The van der Waals surface area contributed by atoms with E-state index in [1.807, 2.05) is 36.4 Å². The molecule has 2 aromatic rings. The zero-order valence-electron chi connectivity index (χ0n) is 10.5. The van der Waals surface area contributed by atoms with Gasteiger partial charge in [0.1, 0.15) is 0 Å². The fraction of sp³-hybridized carbons (Fsp3) is 0.188. The first-order valence-electron chi connectivity index (χ1n) is 6.31. The smallest absolute Gasteiger partial charge is 0.177 e. The molecule has 0 aliphatic carbocycles. The second-order valence-electron chi connectivity index (χ2n) is 4.82. The van der Waals surface area contributed by atoms with Crippen LogP contribution < -0.4 is 0 Å². The van der Waals surface area contributed by atoms with E-state index in [4.69, 9.17) is 0 Å². The number of nitrogens with zero attached hydrogens (tertiary/aromatic N) is 1. The third kappa shape index (κ3) is 2.62. The van der Waals surface area contributed by atoms with E-state index in [1.165, 1.54) is 5.56 Å². The Morgan fingerprint density at radius 2 is 1.79 bits per heavy atom. The summed E-state index contributed by atoms with van der Waals surface area (Å²) in [5, 5.41) is 0. The summed E-state index contributed by atoms with van der Waals surface area (Å²) in [5.41, 5.74) is 3.21. The minimum atomic E-state index is 0.207. The Balaban J connectivity index is 1.85. The van der Waals surface area contributed by atoms with Gasteiger partial charge >= 0.3 is 0 Å². The van der Waals surface area contributed by atoms with E-state index in [2.05, 4.69) is 33.0 Å². The van der Waals surface area contributed by atoms with Crippen LogP contribution in [0, 0.1) is 0 Å². The van der Waals surface area contributed by atoms with Crippen molar-refractivity contribution < 1.29 is 4.79 Å². The number of rotatable bonds is 2. The summed E-state index contributed by atoms with van der Waals surface area (Å²) in [7, 11) is 0. The second-order valence-corrected chi connectivity index (χ2v) is 5.67. The molecule has 2 nitrogen and oxygen atoms in total. The van der Waals surface area contributed by atoms with Gasteiger partial charge in [0.15, 0.2) is 5.78 Å². The predicted molar refractivity (Wildman–Crippen MR) is 79.0 cm³/mol. The van der Waals surface area contributed by atoms with Gasteiger partial charge in [-0.1, -0.05) is 58.4 Å². The molecular formula is C16H14BrNO. The van der Waals surface area contributed by atoms with Crippen LogP contribution in [0.3, 0.4) is 0 Å². The van der Waals surface area contributed by atoms with Gasteiger partial charge in [-0.05, 0) is 17.2 Å². The summed E-state index contributed by atoms with van der Waals surface area (Å²) in [6.45, 7) is 2.13. The van der Waals surface area contributed by atoms with E-state index in [0.717, 1.165) is 28.7 Å². The highest BCUT2D eigenvalue weighted by Gasteiger charge is 2.24. The van der Waals surface area contributed by atoms with Gasteiger partial charge < -0.3 is 0 Å². The van der Waals surface area contributed by atoms with Crippen molar-refractivity contribution in [2.75, 3.05) is 6.54 Å². The van der Waals surface area contributed by atoms with Crippen LogP contribution in [0.2, 0.25) is 0 Å². The number of fused-ring (bicyclic) bond motifs is 1. The lowest BCUT2D eigenvalue weighted by Gasteiger charge is -2.28. The van der Waals surface area contributed by atoms with Crippen molar-refractivity contribution in [2.45, 2.75) is 13.1 Å². The largest absolute Gasteiger partial charge is 0.293 e. The Morgan fingerprint density at radius 3 is 2.58 bits per heavy atom. The van der Waals surface area contributed by atoms with Gasteiger partial charge in [0.05, 0.1) is 6.54 Å². The predicted octanol–water partition coefficient (Wildman–Crippen LogP) is 3.65. The second kappa shape index (κ2) is 5.27. The topological polar surface area (TPSA) is 20.3 Å². The third-order valence-electron chi connectivity index (χ3n) is 3.42. The summed E-state index contributed by atoms with van der Waals surface area (Å²) < 4.78 is 1.02. The number of Topliss-reactive ketones (excluding diaryl/α,β-unsaturated/α-hetero) is 1. The molecule has 3 rings (SSSR count). The molecule has 96 valence electrons. The van der Waals surface area contributed by atoms with E-state index in [0.29, 0.717) is 6.54 Å². The van der Waals surface area contributed by atoms with Crippen molar-refractivity contribution in [3.05, 3.63) is 69.7 Å². The Kier molecular flexibility index (Phi) is 3.49. The molecule has 0 N–H and O–H groups in total. The van der Waals surface area contributed by atoms with Crippen molar-refractivity contribution in [1.29, 1.82) is 0 Å². The molecule has 1 aliphatic heterocycles. The quantitative estimate of drug-likeness (QED) is 0.843. The minimum Gasteiger partial charge on any atom is -0.293 e. The molecule has 1 heterocycles. The third-order valence-corrected chi connectivity index (χ3v) is 4.16. The molecule has 0 spiro atoms. The van der Waals surface area contributed by atoms with Crippen molar-refractivity contribution in [3.8, 4) is 0 Å². The van der Waals surface area contributed by atoms with Crippen LogP contribution in [-0.2, 0) is 13.1 Å². The molecule has 1 aliphatic rings. The maximum absolute atomic E-state index is 12.2. The Hall–Kier alpha value is -1.45. The Bertz CT molecular complexity index is 609. The van der Waals surface area contributed by atoms with Crippen molar-refractivity contribution in [1.82, 2.24) is 4.90 Å². The molecule has 3 heteroatoms. The van der Waals surface area contributed by atoms with Crippen molar-refractivity contribution in [2.24, 2.45) is 0 Å². The summed E-state index contributed by atoms with van der Waals surface area (Å²) in [6, 6.07) is 16.1. The lowest BCUT2D eigenvalue weighted by atomic mass is 9.98. The van der Waals surface area contributed by atoms with Crippen LogP contribution in [0.5, 0.6) is 0 Å². The average Bonchev–Trinajstić information content (AvgIpc) is 2.41. The molecule has 0 saturated heterocycles. The summed E-state index contributed by atoms with van der Waals surface area (Å²) >= 11 is 3.54. The van der Waals surface area contributed by atoms with Crippen LogP contribution in [0.15, 0.2) is 53.0 Å². The molecule has 0 atom stereocenters. The molecule has 19 heavy (non-hydrogen) atoms.